The van der Waals surface area contributed by atoms with E-state index in [1.165, 1.54) is 17.4 Å². The van der Waals surface area contributed by atoms with Crippen LogP contribution in [0, 0.1) is 11.6 Å². The standard InChI is InChI=1S/C12H9F2NOS/c13-8-2-1-7(5-9(8)14)11-3-4-12(17-11)10(16)6-15/h1-5H,6,15H2. The zero-order valence-electron chi connectivity index (χ0n) is 8.74. The Morgan fingerprint density at radius 3 is 2.59 bits per heavy atom. The zero-order valence-corrected chi connectivity index (χ0v) is 9.56. The first kappa shape index (κ1) is 11.9. The number of carbonyl (C=O) groups is 1. The Bertz CT molecular complexity index is 565. The molecule has 0 saturated carbocycles. The average Bonchev–Trinajstić information content (AvgIpc) is 2.81. The van der Waals surface area contributed by atoms with E-state index in [4.69, 9.17) is 5.73 Å². The topological polar surface area (TPSA) is 43.1 Å². The Morgan fingerprint density at radius 2 is 1.94 bits per heavy atom. The van der Waals surface area contributed by atoms with Crippen LogP contribution in [0.4, 0.5) is 8.78 Å². The van der Waals surface area contributed by atoms with Gasteiger partial charge in [-0.15, -0.1) is 11.3 Å². The summed E-state index contributed by atoms with van der Waals surface area (Å²) >= 11 is 1.21. The van der Waals surface area contributed by atoms with Gasteiger partial charge in [-0.1, -0.05) is 6.07 Å². The fraction of sp³-hybridized carbons (Fsp3) is 0.0833. The Morgan fingerprint density at radius 1 is 1.18 bits per heavy atom. The van der Waals surface area contributed by atoms with Crippen LogP contribution in [0.25, 0.3) is 10.4 Å². The quantitative estimate of drug-likeness (QED) is 0.855. The molecule has 1 heterocycles. The number of halogens is 2. The monoisotopic (exact) mass is 253 g/mol. The Kier molecular flexibility index (Phi) is 3.31. The van der Waals surface area contributed by atoms with Crippen molar-refractivity contribution in [1.82, 2.24) is 0 Å². The first-order valence-electron chi connectivity index (χ1n) is 4.90. The third-order valence-electron chi connectivity index (χ3n) is 2.27. The van der Waals surface area contributed by atoms with Gasteiger partial charge in [0.2, 0.25) is 0 Å². The van der Waals surface area contributed by atoms with Gasteiger partial charge >= 0.3 is 0 Å². The number of nitrogens with two attached hydrogens (primary N) is 1. The lowest BCUT2D eigenvalue weighted by atomic mass is 10.2. The van der Waals surface area contributed by atoms with Crippen molar-refractivity contribution in [3.8, 4) is 10.4 Å². The maximum Gasteiger partial charge on any atom is 0.186 e. The van der Waals surface area contributed by atoms with E-state index in [1.807, 2.05) is 0 Å². The van der Waals surface area contributed by atoms with E-state index in [9.17, 15) is 13.6 Å². The van der Waals surface area contributed by atoms with E-state index in [0.717, 1.165) is 12.1 Å². The van der Waals surface area contributed by atoms with Crippen LogP contribution in [0.1, 0.15) is 9.67 Å². The fourth-order valence-corrected chi connectivity index (χ4v) is 2.34. The molecule has 0 aliphatic carbocycles. The Labute approximate surface area is 101 Å². The number of Topliss-reactive ketones (excluding diaryl/α,β-unsaturated/α-hetero) is 1. The van der Waals surface area contributed by atoms with Crippen molar-refractivity contribution in [1.29, 1.82) is 0 Å². The number of carbonyl (C=O) groups excluding carboxylic acids is 1. The SMILES string of the molecule is NCC(=O)c1ccc(-c2ccc(F)c(F)c2)s1. The molecule has 17 heavy (non-hydrogen) atoms. The van der Waals surface area contributed by atoms with Gasteiger partial charge in [0.1, 0.15) is 0 Å². The summed E-state index contributed by atoms with van der Waals surface area (Å²) in [6, 6.07) is 6.98. The second kappa shape index (κ2) is 4.73. The molecule has 88 valence electrons. The molecule has 0 aliphatic heterocycles. The molecule has 0 unspecified atom stereocenters. The Balaban J connectivity index is 2.37. The van der Waals surface area contributed by atoms with E-state index >= 15 is 0 Å². The molecule has 2 rings (SSSR count). The van der Waals surface area contributed by atoms with Crippen LogP contribution in [0.5, 0.6) is 0 Å². The van der Waals surface area contributed by atoms with Gasteiger partial charge in [-0.05, 0) is 29.8 Å². The predicted molar refractivity (Wildman–Crippen MR) is 63.1 cm³/mol. The van der Waals surface area contributed by atoms with Gasteiger partial charge in [0.25, 0.3) is 0 Å². The van der Waals surface area contributed by atoms with Crippen LogP contribution in [0.3, 0.4) is 0 Å². The smallest absolute Gasteiger partial charge is 0.186 e. The van der Waals surface area contributed by atoms with Crippen LogP contribution in [0.2, 0.25) is 0 Å². The van der Waals surface area contributed by atoms with Crippen molar-refractivity contribution in [3.05, 3.63) is 46.8 Å². The molecule has 0 bridgehead atoms. The molecule has 1 aromatic heterocycles. The summed E-state index contributed by atoms with van der Waals surface area (Å²) < 4.78 is 25.8. The summed E-state index contributed by atoms with van der Waals surface area (Å²) in [4.78, 5) is 12.6. The summed E-state index contributed by atoms with van der Waals surface area (Å²) in [6.07, 6.45) is 0. The number of ketones is 1. The van der Waals surface area contributed by atoms with Gasteiger partial charge < -0.3 is 5.73 Å². The number of rotatable bonds is 3. The lowest BCUT2D eigenvalue weighted by Crippen LogP contribution is -2.11. The number of thiophene rings is 1. The minimum Gasteiger partial charge on any atom is -0.324 e. The molecule has 2 N–H and O–H groups in total. The number of hydrogen-bond acceptors (Lipinski definition) is 3. The van der Waals surface area contributed by atoms with Crippen LogP contribution in [0.15, 0.2) is 30.3 Å². The van der Waals surface area contributed by atoms with Crippen LogP contribution < -0.4 is 5.73 Å². The minimum atomic E-state index is -0.900. The highest BCUT2D eigenvalue weighted by atomic mass is 32.1. The lowest BCUT2D eigenvalue weighted by Gasteiger charge is -1.98. The third-order valence-corrected chi connectivity index (χ3v) is 3.45. The molecule has 0 fully saturated rings. The maximum absolute atomic E-state index is 13.0. The van der Waals surface area contributed by atoms with Gasteiger partial charge in [0.05, 0.1) is 11.4 Å². The molecule has 0 saturated heterocycles. The highest BCUT2D eigenvalue weighted by Gasteiger charge is 2.10. The second-order valence-electron chi connectivity index (χ2n) is 3.42. The summed E-state index contributed by atoms with van der Waals surface area (Å²) in [7, 11) is 0. The fourth-order valence-electron chi connectivity index (χ4n) is 1.39. The van der Waals surface area contributed by atoms with Crippen molar-refractivity contribution >= 4 is 17.1 Å². The van der Waals surface area contributed by atoms with Crippen molar-refractivity contribution in [2.75, 3.05) is 6.54 Å². The van der Waals surface area contributed by atoms with Crippen molar-refractivity contribution in [2.45, 2.75) is 0 Å². The van der Waals surface area contributed by atoms with E-state index in [-0.39, 0.29) is 12.3 Å². The van der Waals surface area contributed by atoms with Crippen LogP contribution >= 0.6 is 11.3 Å². The average molecular weight is 253 g/mol. The molecule has 2 nitrogen and oxygen atoms in total. The summed E-state index contributed by atoms with van der Waals surface area (Å²) in [5, 5.41) is 0. The molecule has 0 atom stereocenters. The largest absolute Gasteiger partial charge is 0.324 e. The summed E-state index contributed by atoms with van der Waals surface area (Å²) in [5.74, 6) is -1.95. The van der Waals surface area contributed by atoms with Gasteiger partial charge in [0.15, 0.2) is 17.4 Å². The minimum absolute atomic E-state index is 0.0578. The summed E-state index contributed by atoms with van der Waals surface area (Å²) in [6.45, 7) is -0.0578. The van der Waals surface area contributed by atoms with Gasteiger partial charge in [-0.2, -0.15) is 0 Å². The van der Waals surface area contributed by atoms with Crippen LogP contribution in [-0.4, -0.2) is 12.3 Å². The van der Waals surface area contributed by atoms with E-state index in [2.05, 4.69) is 0 Å². The molecule has 0 spiro atoms. The molecule has 5 heteroatoms. The summed E-state index contributed by atoms with van der Waals surface area (Å²) in [5.41, 5.74) is 5.79. The first-order chi connectivity index (χ1) is 8.11. The predicted octanol–water partition coefficient (Wildman–Crippen LogP) is 2.83. The van der Waals surface area contributed by atoms with Gasteiger partial charge in [0, 0.05) is 4.88 Å². The molecule has 0 radical (unpaired) electrons. The molecule has 2 aromatic rings. The normalized spacial score (nSPS) is 10.5. The molecule has 1 aromatic carbocycles. The molecule has 0 amide bonds. The van der Waals surface area contributed by atoms with Gasteiger partial charge in [-0.25, -0.2) is 8.78 Å². The Hall–Kier alpha value is -1.59. The zero-order chi connectivity index (χ0) is 12.4. The van der Waals surface area contributed by atoms with Crippen molar-refractivity contribution in [2.24, 2.45) is 5.73 Å². The number of hydrogen-bond donors (Lipinski definition) is 1. The third kappa shape index (κ3) is 2.40. The second-order valence-corrected chi connectivity index (χ2v) is 4.50. The first-order valence-corrected chi connectivity index (χ1v) is 5.72. The van der Waals surface area contributed by atoms with Crippen LogP contribution in [-0.2, 0) is 0 Å². The van der Waals surface area contributed by atoms with Crippen molar-refractivity contribution in [3.63, 3.8) is 0 Å². The van der Waals surface area contributed by atoms with E-state index in [0.29, 0.717) is 15.3 Å². The molecular weight excluding hydrogens is 244 g/mol. The van der Waals surface area contributed by atoms with Crippen molar-refractivity contribution < 1.29 is 13.6 Å². The van der Waals surface area contributed by atoms with Gasteiger partial charge in [-0.3, -0.25) is 4.79 Å². The highest BCUT2D eigenvalue weighted by Crippen LogP contribution is 2.29. The van der Waals surface area contributed by atoms with E-state index < -0.39 is 11.6 Å². The molecular formula is C12H9F2NOS. The molecule has 0 aliphatic rings. The number of benzene rings is 1. The lowest BCUT2D eigenvalue weighted by molar-refractivity contribution is 0.100. The highest BCUT2D eigenvalue weighted by molar-refractivity contribution is 7.17. The maximum atomic E-state index is 13.0. The van der Waals surface area contributed by atoms with E-state index in [1.54, 1.807) is 12.1 Å².